The van der Waals surface area contributed by atoms with Crippen molar-refractivity contribution in [3.63, 3.8) is 0 Å². The van der Waals surface area contributed by atoms with Crippen LogP contribution in [0.25, 0.3) is 4.85 Å². The quantitative estimate of drug-likeness (QED) is 0.369. The number of aryl methyl sites for hydroxylation is 2. The highest BCUT2D eigenvalue weighted by atomic mass is 32.2. The van der Waals surface area contributed by atoms with Crippen LogP contribution in [0.15, 0.2) is 41.6 Å². The highest BCUT2D eigenvalue weighted by Gasteiger charge is 2.08. The number of anilines is 2. The number of rotatable bonds is 7. The molecule has 0 aliphatic carbocycles. The molecule has 3 heterocycles. The summed E-state index contributed by atoms with van der Waals surface area (Å²) in [5.74, 6) is 2.75. The van der Waals surface area contributed by atoms with Crippen molar-refractivity contribution in [2.75, 3.05) is 17.7 Å². The van der Waals surface area contributed by atoms with Gasteiger partial charge in [0.05, 0.1) is 19.4 Å². The van der Waals surface area contributed by atoms with Crippen LogP contribution in [0, 0.1) is 20.4 Å². The summed E-state index contributed by atoms with van der Waals surface area (Å²) >= 11 is 1.49. The molecule has 0 aromatic carbocycles. The van der Waals surface area contributed by atoms with Gasteiger partial charge in [0, 0.05) is 23.2 Å². The maximum absolute atomic E-state index is 7.31. The number of hydrogen-bond donors (Lipinski definition) is 2. The summed E-state index contributed by atoms with van der Waals surface area (Å²) in [5.41, 5.74) is 2.44. The summed E-state index contributed by atoms with van der Waals surface area (Å²) in [5, 5.41) is 10.8. The molecule has 132 valence electrons. The molecule has 3 aromatic rings. The number of ether oxygens (including phenoxy) is 1. The number of thioether (sulfide) groups is 1. The number of pyridine rings is 2. The smallest absolute Gasteiger partial charge is 0.218 e. The first-order valence-corrected chi connectivity index (χ1v) is 8.98. The van der Waals surface area contributed by atoms with Gasteiger partial charge in [0.2, 0.25) is 5.69 Å². The molecular weight excluding hydrogens is 348 g/mol. The van der Waals surface area contributed by atoms with Gasteiger partial charge < -0.3 is 10.1 Å². The molecular formula is C18H18N6OS. The summed E-state index contributed by atoms with van der Waals surface area (Å²) in [7, 11) is 0. The van der Waals surface area contributed by atoms with Gasteiger partial charge in [-0.1, -0.05) is 6.07 Å². The monoisotopic (exact) mass is 366 g/mol. The Morgan fingerprint density at radius 1 is 1.23 bits per heavy atom. The Morgan fingerprint density at radius 3 is 2.81 bits per heavy atom. The van der Waals surface area contributed by atoms with E-state index in [-0.39, 0.29) is 0 Å². The van der Waals surface area contributed by atoms with Gasteiger partial charge in [0.25, 0.3) is 0 Å². The largest absolute Gasteiger partial charge is 0.491 e. The Kier molecular flexibility index (Phi) is 5.71. The molecule has 0 amide bonds. The molecule has 0 aliphatic heterocycles. The van der Waals surface area contributed by atoms with E-state index in [1.54, 1.807) is 18.3 Å². The molecule has 3 rings (SSSR count). The normalized spacial score (nSPS) is 10.3. The first-order valence-electron chi connectivity index (χ1n) is 8.00. The fourth-order valence-corrected chi connectivity index (χ4v) is 2.93. The SMILES string of the molecule is [C-]#[N+]c1ccc(Nc2cc(C)[nH]n2)nc1SCCOc1ccc(C)nc1. The van der Waals surface area contributed by atoms with Crippen molar-refractivity contribution in [1.82, 2.24) is 20.2 Å². The van der Waals surface area contributed by atoms with E-state index in [1.807, 2.05) is 32.0 Å². The molecule has 0 saturated heterocycles. The number of nitrogens with zero attached hydrogens (tertiary/aromatic N) is 4. The van der Waals surface area contributed by atoms with Crippen LogP contribution in [0.1, 0.15) is 11.4 Å². The van der Waals surface area contributed by atoms with Crippen LogP contribution in [0.4, 0.5) is 17.3 Å². The summed E-state index contributed by atoms with van der Waals surface area (Å²) < 4.78 is 5.67. The van der Waals surface area contributed by atoms with Crippen molar-refractivity contribution in [3.05, 3.63) is 59.3 Å². The highest BCUT2D eigenvalue weighted by molar-refractivity contribution is 7.99. The van der Waals surface area contributed by atoms with Crippen LogP contribution >= 0.6 is 11.8 Å². The van der Waals surface area contributed by atoms with Gasteiger partial charge >= 0.3 is 0 Å². The minimum atomic E-state index is 0.505. The van der Waals surface area contributed by atoms with Crippen LogP contribution in [0.5, 0.6) is 5.75 Å². The van der Waals surface area contributed by atoms with Crippen LogP contribution in [0.2, 0.25) is 0 Å². The first-order chi connectivity index (χ1) is 12.6. The number of aromatic amines is 1. The van der Waals surface area contributed by atoms with E-state index in [2.05, 4.69) is 30.3 Å². The predicted molar refractivity (Wildman–Crippen MR) is 102 cm³/mol. The highest BCUT2D eigenvalue weighted by Crippen LogP contribution is 2.30. The number of hydrogen-bond acceptors (Lipinski definition) is 6. The molecule has 2 N–H and O–H groups in total. The molecule has 3 aromatic heterocycles. The zero-order chi connectivity index (χ0) is 18.4. The molecule has 7 nitrogen and oxygen atoms in total. The fourth-order valence-electron chi connectivity index (χ4n) is 2.14. The van der Waals surface area contributed by atoms with Gasteiger partial charge in [-0.25, -0.2) is 9.83 Å². The maximum atomic E-state index is 7.31. The summed E-state index contributed by atoms with van der Waals surface area (Å²) in [6, 6.07) is 9.23. The Hall–Kier alpha value is -3.05. The van der Waals surface area contributed by atoms with Crippen LogP contribution in [0.3, 0.4) is 0 Å². The van der Waals surface area contributed by atoms with E-state index in [1.165, 1.54) is 11.8 Å². The van der Waals surface area contributed by atoms with E-state index in [0.717, 1.165) is 17.1 Å². The van der Waals surface area contributed by atoms with Crippen molar-refractivity contribution in [3.8, 4) is 5.75 Å². The average molecular weight is 366 g/mol. The van der Waals surface area contributed by atoms with Gasteiger partial charge in [0.1, 0.15) is 16.6 Å². The average Bonchev–Trinajstić information content (AvgIpc) is 3.05. The topological polar surface area (TPSA) is 80.1 Å². The van der Waals surface area contributed by atoms with E-state index in [4.69, 9.17) is 11.3 Å². The predicted octanol–water partition coefficient (Wildman–Crippen LogP) is 4.28. The lowest BCUT2D eigenvalue weighted by atomic mass is 10.4. The molecule has 0 atom stereocenters. The zero-order valence-corrected chi connectivity index (χ0v) is 15.3. The number of H-pyrrole nitrogens is 1. The number of aromatic nitrogens is 4. The van der Waals surface area contributed by atoms with Crippen LogP contribution in [-0.2, 0) is 0 Å². The van der Waals surface area contributed by atoms with Gasteiger partial charge in [-0.3, -0.25) is 10.1 Å². The molecule has 0 radical (unpaired) electrons. The van der Waals surface area contributed by atoms with E-state index in [9.17, 15) is 0 Å². The van der Waals surface area contributed by atoms with Crippen LogP contribution < -0.4 is 10.1 Å². The lowest BCUT2D eigenvalue weighted by molar-refractivity contribution is 0.342. The second-order valence-corrected chi connectivity index (χ2v) is 6.61. The summed E-state index contributed by atoms with van der Waals surface area (Å²) in [6.07, 6.45) is 1.71. The Morgan fingerprint density at radius 2 is 2.12 bits per heavy atom. The second-order valence-electron chi connectivity index (χ2n) is 5.53. The second kappa shape index (κ2) is 8.36. The van der Waals surface area contributed by atoms with Crippen LogP contribution in [-0.4, -0.2) is 32.5 Å². The first kappa shape index (κ1) is 17.8. The maximum Gasteiger partial charge on any atom is 0.218 e. The Labute approximate surface area is 156 Å². The lowest BCUT2D eigenvalue weighted by Gasteiger charge is -2.08. The summed E-state index contributed by atoms with van der Waals surface area (Å²) in [4.78, 5) is 12.3. The van der Waals surface area contributed by atoms with Crippen molar-refractivity contribution >= 4 is 29.1 Å². The summed E-state index contributed by atoms with van der Waals surface area (Å²) in [6.45, 7) is 11.7. The molecule has 0 fully saturated rings. The van der Waals surface area contributed by atoms with E-state index >= 15 is 0 Å². The van der Waals surface area contributed by atoms with Crippen molar-refractivity contribution in [2.24, 2.45) is 0 Å². The van der Waals surface area contributed by atoms with Gasteiger partial charge in [-0.2, -0.15) is 5.10 Å². The minimum absolute atomic E-state index is 0.505. The molecule has 0 aliphatic rings. The Bertz CT molecular complexity index is 916. The standard InChI is InChI=1S/C18H18N6OS/c1-12-4-5-14(11-20-12)25-8-9-26-18-15(19-3)6-7-16(22-18)21-17-10-13(2)23-24-17/h4-7,10-11H,8-9H2,1-2H3,(H2,21,22,23,24). The van der Waals surface area contributed by atoms with Crippen molar-refractivity contribution < 1.29 is 4.74 Å². The third-order valence-electron chi connectivity index (χ3n) is 3.40. The minimum Gasteiger partial charge on any atom is -0.491 e. The van der Waals surface area contributed by atoms with E-state index in [0.29, 0.717) is 34.7 Å². The zero-order valence-electron chi connectivity index (χ0n) is 14.5. The van der Waals surface area contributed by atoms with Crippen molar-refractivity contribution in [1.29, 1.82) is 0 Å². The molecule has 0 bridgehead atoms. The lowest BCUT2D eigenvalue weighted by Crippen LogP contribution is -2.01. The third kappa shape index (κ3) is 4.74. The molecule has 26 heavy (non-hydrogen) atoms. The number of nitrogens with one attached hydrogen (secondary N) is 2. The molecule has 8 heteroatoms. The van der Waals surface area contributed by atoms with Gasteiger partial charge in [0.15, 0.2) is 5.82 Å². The van der Waals surface area contributed by atoms with E-state index < -0.39 is 0 Å². The van der Waals surface area contributed by atoms with Gasteiger partial charge in [-0.05, 0) is 32.0 Å². The molecule has 0 spiro atoms. The Balaban J connectivity index is 1.59. The fraction of sp³-hybridized carbons (Fsp3) is 0.222. The van der Waals surface area contributed by atoms with Gasteiger partial charge in [-0.15, -0.1) is 11.8 Å². The molecule has 0 unspecified atom stereocenters. The molecule has 0 saturated carbocycles. The van der Waals surface area contributed by atoms with Crippen molar-refractivity contribution in [2.45, 2.75) is 18.9 Å². The third-order valence-corrected chi connectivity index (χ3v) is 4.34.